The molecule has 0 saturated heterocycles. The Morgan fingerprint density at radius 1 is 1.00 bits per heavy atom. The summed E-state index contributed by atoms with van der Waals surface area (Å²) in [6, 6.07) is 0. The summed E-state index contributed by atoms with van der Waals surface area (Å²) < 4.78 is 0. The zero-order valence-corrected chi connectivity index (χ0v) is 11.2. The summed E-state index contributed by atoms with van der Waals surface area (Å²) >= 11 is 0. The highest BCUT2D eigenvalue weighted by molar-refractivity contribution is 5.00. The summed E-state index contributed by atoms with van der Waals surface area (Å²) in [5, 5.41) is 0. The molecule has 0 amide bonds. The predicted octanol–water partition coefficient (Wildman–Crippen LogP) is 4.89. The van der Waals surface area contributed by atoms with Crippen LogP contribution < -0.4 is 0 Å². The van der Waals surface area contributed by atoms with E-state index in [4.69, 9.17) is 0 Å². The summed E-state index contributed by atoms with van der Waals surface area (Å²) in [5.74, 6) is 0.799. The molecule has 84 valence electrons. The first-order valence-corrected chi connectivity index (χ1v) is 6.11. The molecule has 1 rings (SSSR count). The van der Waals surface area contributed by atoms with Crippen LogP contribution in [0, 0.1) is 22.2 Å². The van der Waals surface area contributed by atoms with Crippen molar-refractivity contribution in [2.24, 2.45) is 22.2 Å². The van der Waals surface area contributed by atoms with Crippen LogP contribution in [0.25, 0.3) is 0 Å². The van der Waals surface area contributed by atoms with Crippen molar-refractivity contribution in [2.75, 3.05) is 0 Å². The Morgan fingerprint density at radius 3 is 1.79 bits per heavy atom. The van der Waals surface area contributed by atoms with Gasteiger partial charge in [0.15, 0.2) is 0 Å². The van der Waals surface area contributed by atoms with Crippen LogP contribution in [-0.4, -0.2) is 0 Å². The lowest BCUT2D eigenvalue weighted by Crippen LogP contribution is -2.41. The molecule has 0 aromatic carbocycles. The molecular weight excluding hydrogens is 168 g/mol. The number of hydrogen-bond donors (Lipinski definition) is 0. The van der Waals surface area contributed by atoms with E-state index in [2.05, 4.69) is 48.5 Å². The molecule has 2 atom stereocenters. The normalized spacial score (nSPS) is 34.5. The fraction of sp³-hybridized carbons (Fsp3) is 1.00. The SMILES string of the molecule is CC(C(C)(C)C)[C@@]1(C)CCCC1(C)C. The highest BCUT2D eigenvalue weighted by Gasteiger charge is 2.50. The van der Waals surface area contributed by atoms with E-state index in [1.807, 2.05) is 0 Å². The van der Waals surface area contributed by atoms with Gasteiger partial charge in [-0.2, -0.15) is 0 Å². The molecule has 0 N–H and O–H groups in total. The zero-order chi connectivity index (χ0) is 11.2. The van der Waals surface area contributed by atoms with E-state index >= 15 is 0 Å². The summed E-state index contributed by atoms with van der Waals surface area (Å²) in [7, 11) is 0. The Hall–Kier alpha value is 0. The monoisotopic (exact) mass is 196 g/mol. The molecule has 0 radical (unpaired) electrons. The van der Waals surface area contributed by atoms with Crippen LogP contribution in [-0.2, 0) is 0 Å². The second-order valence-corrected chi connectivity index (χ2v) is 7.24. The van der Waals surface area contributed by atoms with Gasteiger partial charge in [-0.3, -0.25) is 0 Å². The Kier molecular flexibility index (Phi) is 2.80. The van der Waals surface area contributed by atoms with Gasteiger partial charge in [0.05, 0.1) is 0 Å². The quantitative estimate of drug-likeness (QED) is 0.560. The molecule has 0 aromatic heterocycles. The Balaban J connectivity index is 2.95. The van der Waals surface area contributed by atoms with Crippen LogP contribution in [0.5, 0.6) is 0 Å². The van der Waals surface area contributed by atoms with Crippen LogP contribution in [0.15, 0.2) is 0 Å². The van der Waals surface area contributed by atoms with Gasteiger partial charge in [-0.05, 0) is 35.0 Å². The van der Waals surface area contributed by atoms with E-state index in [0.29, 0.717) is 16.2 Å². The molecule has 0 aromatic rings. The molecule has 1 fully saturated rings. The van der Waals surface area contributed by atoms with Crippen LogP contribution in [0.1, 0.15) is 67.7 Å². The fourth-order valence-electron chi connectivity index (χ4n) is 3.28. The minimum Gasteiger partial charge on any atom is -0.0615 e. The third kappa shape index (κ3) is 1.73. The van der Waals surface area contributed by atoms with Crippen LogP contribution in [0.2, 0.25) is 0 Å². The van der Waals surface area contributed by atoms with Crippen molar-refractivity contribution in [1.82, 2.24) is 0 Å². The fourth-order valence-corrected chi connectivity index (χ4v) is 3.28. The van der Waals surface area contributed by atoms with Crippen molar-refractivity contribution in [3.05, 3.63) is 0 Å². The van der Waals surface area contributed by atoms with E-state index in [1.165, 1.54) is 19.3 Å². The van der Waals surface area contributed by atoms with Gasteiger partial charge in [-0.15, -0.1) is 0 Å². The topological polar surface area (TPSA) is 0 Å². The lowest BCUT2D eigenvalue weighted by molar-refractivity contribution is 0.00223. The molecule has 1 saturated carbocycles. The molecule has 0 nitrogen and oxygen atoms in total. The van der Waals surface area contributed by atoms with Crippen molar-refractivity contribution < 1.29 is 0 Å². The summed E-state index contributed by atoms with van der Waals surface area (Å²) in [4.78, 5) is 0. The van der Waals surface area contributed by atoms with Crippen LogP contribution in [0.4, 0.5) is 0 Å². The van der Waals surface area contributed by atoms with E-state index in [1.54, 1.807) is 0 Å². The van der Waals surface area contributed by atoms with Gasteiger partial charge in [0.2, 0.25) is 0 Å². The molecule has 0 heteroatoms. The standard InChI is InChI=1S/C14H28/c1-11(12(2,3)4)14(7)10-8-9-13(14,5)6/h11H,8-10H2,1-7H3/t11?,14-/m1/s1. The smallest absolute Gasteiger partial charge is 0.0244 e. The minimum atomic E-state index is 0.441. The lowest BCUT2D eigenvalue weighted by atomic mass is 9.56. The highest BCUT2D eigenvalue weighted by atomic mass is 14.6. The summed E-state index contributed by atoms with van der Waals surface area (Å²) in [6.45, 7) is 17.0. The predicted molar refractivity (Wildman–Crippen MR) is 64.4 cm³/mol. The van der Waals surface area contributed by atoms with E-state index in [0.717, 1.165) is 5.92 Å². The third-order valence-corrected chi connectivity index (χ3v) is 5.30. The average molecular weight is 196 g/mol. The molecule has 0 spiro atoms. The molecule has 0 aliphatic heterocycles. The second-order valence-electron chi connectivity index (χ2n) is 7.24. The second kappa shape index (κ2) is 3.25. The van der Waals surface area contributed by atoms with Gasteiger partial charge in [-0.25, -0.2) is 0 Å². The highest BCUT2D eigenvalue weighted by Crippen LogP contribution is 2.59. The van der Waals surface area contributed by atoms with Gasteiger partial charge in [0, 0.05) is 0 Å². The Labute approximate surface area is 90.5 Å². The first kappa shape index (κ1) is 12.1. The maximum atomic E-state index is 2.51. The van der Waals surface area contributed by atoms with Gasteiger partial charge in [0.25, 0.3) is 0 Å². The average Bonchev–Trinajstić information content (AvgIpc) is 2.24. The lowest BCUT2D eigenvalue weighted by Gasteiger charge is -2.49. The van der Waals surface area contributed by atoms with E-state index in [9.17, 15) is 0 Å². The Bertz CT molecular complexity index is 207. The number of hydrogen-bond acceptors (Lipinski definition) is 0. The molecule has 1 aliphatic rings. The maximum absolute atomic E-state index is 2.51. The van der Waals surface area contributed by atoms with Crippen molar-refractivity contribution in [3.63, 3.8) is 0 Å². The molecule has 14 heavy (non-hydrogen) atoms. The summed E-state index contributed by atoms with van der Waals surface area (Å²) in [5.41, 5.74) is 1.50. The van der Waals surface area contributed by atoms with Crippen molar-refractivity contribution >= 4 is 0 Å². The van der Waals surface area contributed by atoms with Gasteiger partial charge in [-0.1, -0.05) is 54.9 Å². The van der Waals surface area contributed by atoms with Gasteiger partial charge in [0.1, 0.15) is 0 Å². The largest absolute Gasteiger partial charge is 0.0615 e. The third-order valence-electron chi connectivity index (χ3n) is 5.30. The van der Waals surface area contributed by atoms with Crippen molar-refractivity contribution in [1.29, 1.82) is 0 Å². The van der Waals surface area contributed by atoms with E-state index in [-0.39, 0.29) is 0 Å². The maximum Gasteiger partial charge on any atom is -0.0244 e. The molecule has 0 bridgehead atoms. The van der Waals surface area contributed by atoms with Crippen molar-refractivity contribution in [2.45, 2.75) is 67.7 Å². The van der Waals surface area contributed by atoms with Crippen LogP contribution >= 0.6 is 0 Å². The van der Waals surface area contributed by atoms with Gasteiger partial charge >= 0.3 is 0 Å². The molecule has 1 aliphatic carbocycles. The zero-order valence-electron chi connectivity index (χ0n) is 11.2. The van der Waals surface area contributed by atoms with Crippen LogP contribution in [0.3, 0.4) is 0 Å². The first-order valence-electron chi connectivity index (χ1n) is 6.11. The Morgan fingerprint density at radius 2 is 1.50 bits per heavy atom. The molecule has 1 unspecified atom stereocenters. The first-order chi connectivity index (χ1) is 6.11. The van der Waals surface area contributed by atoms with Crippen molar-refractivity contribution in [3.8, 4) is 0 Å². The molecule has 0 heterocycles. The van der Waals surface area contributed by atoms with E-state index < -0.39 is 0 Å². The number of rotatable bonds is 1. The van der Waals surface area contributed by atoms with Gasteiger partial charge < -0.3 is 0 Å². The minimum absolute atomic E-state index is 0.441. The molecular formula is C14H28. The summed E-state index contributed by atoms with van der Waals surface area (Å²) in [6.07, 6.45) is 4.24.